The van der Waals surface area contributed by atoms with E-state index in [9.17, 15) is 14.7 Å². The van der Waals surface area contributed by atoms with Crippen molar-refractivity contribution in [2.24, 2.45) is 5.92 Å². The molecule has 2 fully saturated rings. The molecule has 5 rings (SSSR count). The van der Waals surface area contributed by atoms with Gasteiger partial charge in [0.1, 0.15) is 11.4 Å². The van der Waals surface area contributed by atoms with Crippen molar-refractivity contribution in [3.63, 3.8) is 0 Å². The van der Waals surface area contributed by atoms with E-state index >= 15 is 4.39 Å². The molecule has 1 heterocycles. The van der Waals surface area contributed by atoms with Crippen molar-refractivity contribution in [1.29, 1.82) is 0 Å². The van der Waals surface area contributed by atoms with Crippen molar-refractivity contribution in [3.05, 3.63) is 71.3 Å². The summed E-state index contributed by atoms with van der Waals surface area (Å²) in [6, 6.07) is 12.1. The zero-order valence-corrected chi connectivity index (χ0v) is 19.2. The molecular weight excluding hydrogens is 433 g/mol. The first-order valence-corrected chi connectivity index (χ1v) is 11.9. The molecule has 0 saturated heterocycles. The van der Waals surface area contributed by atoms with Crippen LogP contribution < -0.4 is 0 Å². The number of carbonyl (C=O) groups excluding carboxylic acids is 1. The molecular formula is C27H28FN3O3. The minimum atomic E-state index is -0.997. The van der Waals surface area contributed by atoms with Gasteiger partial charge in [0, 0.05) is 25.1 Å². The second-order valence-electron chi connectivity index (χ2n) is 9.49. The highest BCUT2D eigenvalue weighted by Gasteiger charge is 2.33. The number of aromatic carboxylic acids is 1. The second kappa shape index (κ2) is 9.05. The van der Waals surface area contributed by atoms with Crippen molar-refractivity contribution in [2.75, 3.05) is 13.6 Å². The summed E-state index contributed by atoms with van der Waals surface area (Å²) in [5, 5.41) is 13.9. The number of halogens is 1. The average Bonchev–Trinajstić information content (AvgIpc) is 3.35. The second-order valence-corrected chi connectivity index (χ2v) is 9.49. The van der Waals surface area contributed by atoms with Gasteiger partial charge < -0.3 is 10.0 Å². The smallest absolute Gasteiger partial charge is 0.339 e. The predicted molar refractivity (Wildman–Crippen MR) is 127 cm³/mol. The Bertz CT molecular complexity index is 1240. The van der Waals surface area contributed by atoms with Crippen LogP contribution in [0.25, 0.3) is 16.8 Å². The van der Waals surface area contributed by atoms with Crippen molar-refractivity contribution < 1.29 is 19.1 Å². The zero-order chi connectivity index (χ0) is 23.8. The van der Waals surface area contributed by atoms with E-state index in [0.29, 0.717) is 35.0 Å². The maximum atomic E-state index is 15.6. The van der Waals surface area contributed by atoms with Crippen LogP contribution in [0.1, 0.15) is 70.9 Å². The quantitative estimate of drug-likeness (QED) is 0.503. The molecule has 2 aliphatic carbocycles. The predicted octanol–water partition coefficient (Wildman–Crippen LogP) is 5.52. The van der Waals surface area contributed by atoms with Gasteiger partial charge in [0.05, 0.1) is 23.1 Å². The first-order chi connectivity index (χ1) is 16.4. The van der Waals surface area contributed by atoms with Crippen LogP contribution in [0.15, 0.2) is 48.7 Å². The van der Waals surface area contributed by atoms with Gasteiger partial charge in [-0.2, -0.15) is 5.10 Å². The number of hydrogen-bond acceptors (Lipinski definition) is 3. The Morgan fingerprint density at radius 1 is 1.09 bits per heavy atom. The lowest BCUT2D eigenvalue weighted by Crippen LogP contribution is -2.31. The molecule has 0 atom stereocenters. The van der Waals surface area contributed by atoms with Gasteiger partial charge in [0.2, 0.25) is 0 Å². The molecule has 1 aromatic heterocycles. The number of hydrogen-bond donors (Lipinski definition) is 1. The van der Waals surface area contributed by atoms with E-state index in [1.807, 2.05) is 6.07 Å². The first kappa shape index (κ1) is 22.3. The fourth-order valence-corrected chi connectivity index (χ4v) is 5.07. The van der Waals surface area contributed by atoms with Crippen LogP contribution in [0.2, 0.25) is 0 Å². The Balaban J connectivity index is 1.46. The van der Waals surface area contributed by atoms with Gasteiger partial charge in [0.15, 0.2) is 0 Å². The van der Waals surface area contributed by atoms with Gasteiger partial charge >= 0.3 is 5.97 Å². The molecule has 7 heteroatoms. The van der Waals surface area contributed by atoms with Crippen LogP contribution in [-0.4, -0.2) is 45.3 Å². The summed E-state index contributed by atoms with van der Waals surface area (Å²) in [6.45, 7) is 0.646. The van der Waals surface area contributed by atoms with E-state index in [4.69, 9.17) is 0 Å². The Hall–Kier alpha value is -3.48. The summed E-state index contributed by atoms with van der Waals surface area (Å²) >= 11 is 0. The lowest BCUT2D eigenvalue weighted by molar-refractivity contribution is 0.0694. The third kappa shape index (κ3) is 4.22. The highest BCUT2D eigenvalue weighted by molar-refractivity contribution is 5.96. The molecule has 1 N–H and O–H groups in total. The molecule has 0 aliphatic heterocycles. The monoisotopic (exact) mass is 461 g/mol. The van der Waals surface area contributed by atoms with Crippen molar-refractivity contribution in [3.8, 4) is 16.8 Å². The van der Waals surface area contributed by atoms with E-state index in [-0.39, 0.29) is 23.0 Å². The topological polar surface area (TPSA) is 75.4 Å². The fraction of sp³-hybridized carbons (Fsp3) is 0.370. The van der Waals surface area contributed by atoms with E-state index in [1.54, 1.807) is 47.0 Å². The van der Waals surface area contributed by atoms with E-state index < -0.39 is 11.8 Å². The molecule has 3 aromatic rings. The number of carboxylic acids is 1. The third-order valence-corrected chi connectivity index (χ3v) is 6.99. The lowest BCUT2D eigenvalue weighted by atomic mass is 10.0. The van der Waals surface area contributed by atoms with Gasteiger partial charge in [-0.25, -0.2) is 13.9 Å². The highest BCUT2D eigenvalue weighted by Crippen LogP contribution is 2.42. The zero-order valence-electron chi connectivity index (χ0n) is 19.2. The van der Waals surface area contributed by atoms with Gasteiger partial charge in [-0.1, -0.05) is 37.1 Å². The summed E-state index contributed by atoms with van der Waals surface area (Å²) in [7, 11) is 1.74. The summed E-state index contributed by atoms with van der Waals surface area (Å²) in [5.41, 5.74) is 2.56. The number of amides is 1. The highest BCUT2D eigenvalue weighted by atomic mass is 19.1. The summed E-state index contributed by atoms with van der Waals surface area (Å²) < 4.78 is 17.2. The Labute approximate surface area is 198 Å². The van der Waals surface area contributed by atoms with Crippen LogP contribution in [0.5, 0.6) is 0 Å². The molecule has 0 bridgehead atoms. The maximum absolute atomic E-state index is 15.6. The molecule has 1 amide bonds. The van der Waals surface area contributed by atoms with E-state index in [2.05, 4.69) is 5.10 Å². The minimum absolute atomic E-state index is 0.0642. The van der Waals surface area contributed by atoms with Crippen molar-refractivity contribution in [2.45, 2.75) is 44.4 Å². The molecule has 0 radical (unpaired) electrons. The molecule has 0 spiro atoms. The molecule has 0 unspecified atom stereocenters. The number of carboxylic acid groups (broad SMARTS) is 1. The minimum Gasteiger partial charge on any atom is -0.478 e. The number of carbonyl (C=O) groups is 2. The van der Waals surface area contributed by atoms with Gasteiger partial charge in [-0.05, 0) is 55.4 Å². The van der Waals surface area contributed by atoms with Crippen molar-refractivity contribution >= 4 is 11.9 Å². The van der Waals surface area contributed by atoms with Crippen molar-refractivity contribution in [1.82, 2.24) is 14.7 Å². The summed E-state index contributed by atoms with van der Waals surface area (Å²) in [6.07, 6.45) is 7.86. The van der Waals surface area contributed by atoms with Crippen LogP contribution in [0.3, 0.4) is 0 Å². The average molecular weight is 462 g/mol. The molecule has 176 valence electrons. The largest absolute Gasteiger partial charge is 0.478 e. The Morgan fingerprint density at radius 2 is 1.82 bits per heavy atom. The van der Waals surface area contributed by atoms with E-state index in [0.717, 1.165) is 25.7 Å². The van der Waals surface area contributed by atoms with Crippen LogP contribution in [0, 0.1) is 11.7 Å². The molecule has 6 nitrogen and oxygen atoms in total. The fourth-order valence-electron chi connectivity index (χ4n) is 5.07. The van der Waals surface area contributed by atoms with Gasteiger partial charge in [-0.15, -0.1) is 0 Å². The Morgan fingerprint density at radius 3 is 2.53 bits per heavy atom. The summed E-state index contributed by atoms with van der Waals surface area (Å²) in [4.78, 5) is 26.3. The standard InChI is InChI=1S/C27H28FN3O3/c1-30(16-17-6-2-3-7-17)26(32)22-11-5-10-21(24(22)28)19-8-4-9-20(14-19)31-25(18-12-13-18)23(15-29-31)27(33)34/h4-5,8-11,14-15,17-18H,2-3,6-7,12-13,16H2,1H3,(H,33,34). The maximum Gasteiger partial charge on any atom is 0.339 e. The first-order valence-electron chi connectivity index (χ1n) is 11.9. The third-order valence-electron chi connectivity index (χ3n) is 6.99. The molecule has 2 aliphatic rings. The molecule has 34 heavy (non-hydrogen) atoms. The SMILES string of the molecule is CN(CC1CCCC1)C(=O)c1cccc(-c2cccc(-n3ncc(C(=O)O)c3C3CC3)c2)c1F. The molecule has 2 aromatic carbocycles. The van der Waals surface area contributed by atoms with E-state index in [1.165, 1.54) is 25.1 Å². The van der Waals surface area contributed by atoms with Crippen LogP contribution >= 0.6 is 0 Å². The van der Waals surface area contributed by atoms with Gasteiger partial charge in [-0.3, -0.25) is 4.79 Å². The Kier molecular flexibility index (Phi) is 5.94. The number of benzene rings is 2. The number of aromatic nitrogens is 2. The number of nitrogens with zero attached hydrogens (tertiary/aromatic N) is 3. The van der Waals surface area contributed by atoms with Gasteiger partial charge in [0.25, 0.3) is 5.91 Å². The summed E-state index contributed by atoms with van der Waals surface area (Å²) in [5.74, 6) is -1.19. The molecule has 2 saturated carbocycles. The lowest BCUT2D eigenvalue weighted by Gasteiger charge is -2.22. The normalized spacial score (nSPS) is 16.1. The van der Waals surface area contributed by atoms with Crippen LogP contribution in [-0.2, 0) is 0 Å². The number of rotatable bonds is 7. The van der Waals surface area contributed by atoms with Crippen LogP contribution in [0.4, 0.5) is 4.39 Å².